The lowest BCUT2D eigenvalue weighted by atomic mass is 10.1. The van der Waals surface area contributed by atoms with E-state index in [4.69, 9.17) is 5.73 Å². The van der Waals surface area contributed by atoms with Crippen LogP contribution in [0.15, 0.2) is 18.2 Å². The molecule has 2 amide bonds. The standard InChI is InChI=1S/C11H14FN3O2/c1-6(10(16)14-2)15-11(17)7-3-4-8(12)9(13)5-7/h3-6H,13H2,1-2H3,(H,14,16)(H,15,17). The van der Waals surface area contributed by atoms with E-state index in [2.05, 4.69) is 10.6 Å². The van der Waals surface area contributed by atoms with Crippen LogP contribution < -0.4 is 16.4 Å². The van der Waals surface area contributed by atoms with Crippen LogP contribution in [0.1, 0.15) is 17.3 Å². The van der Waals surface area contributed by atoms with Gasteiger partial charge in [0.05, 0.1) is 5.69 Å². The first-order valence-electron chi connectivity index (χ1n) is 5.03. The molecule has 0 aliphatic rings. The Bertz CT molecular complexity index is 448. The minimum Gasteiger partial charge on any atom is -0.396 e. The number of nitrogens with two attached hydrogens (primary N) is 1. The molecule has 0 heterocycles. The van der Waals surface area contributed by atoms with Crippen molar-refractivity contribution >= 4 is 17.5 Å². The van der Waals surface area contributed by atoms with Gasteiger partial charge in [-0.05, 0) is 25.1 Å². The smallest absolute Gasteiger partial charge is 0.251 e. The van der Waals surface area contributed by atoms with Crippen LogP contribution in [0.3, 0.4) is 0 Å². The minimum atomic E-state index is -0.668. The largest absolute Gasteiger partial charge is 0.396 e. The second kappa shape index (κ2) is 5.29. The molecular formula is C11H14FN3O2. The van der Waals surface area contributed by atoms with Crippen molar-refractivity contribution in [2.75, 3.05) is 12.8 Å². The quantitative estimate of drug-likeness (QED) is 0.662. The minimum absolute atomic E-state index is 0.106. The average Bonchev–Trinajstić information content (AvgIpc) is 2.31. The van der Waals surface area contributed by atoms with E-state index in [-0.39, 0.29) is 17.2 Å². The molecule has 0 saturated carbocycles. The van der Waals surface area contributed by atoms with E-state index in [9.17, 15) is 14.0 Å². The molecule has 1 atom stereocenters. The molecule has 4 N–H and O–H groups in total. The Morgan fingerprint density at radius 2 is 2.06 bits per heavy atom. The Labute approximate surface area is 98.2 Å². The first-order chi connectivity index (χ1) is 7.95. The lowest BCUT2D eigenvalue weighted by Crippen LogP contribution is -2.43. The predicted octanol–water partition coefficient (Wildman–Crippen LogP) is 0.272. The molecule has 5 nitrogen and oxygen atoms in total. The highest BCUT2D eigenvalue weighted by molar-refractivity contribution is 5.98. The monoisotopic (exact) mass is 239 g/mol. The molecule has 1 aromatic carbocycles. The van der Waals surface area contributed by atoms with Gasteiger partial charge in [0.25, 0.3) is 5.91 Å². The molecule has 0 saturated heterocycles. The number of carbonyl (C=O) groups is 2. The van der Waals surface area contributed by atoms with E-state index in [1.165, 1.54) is 19.2 Å². The number of hydrogen-bond acceptors (Lipinski definition) is 3. The summed E-state index contributed by atoms with van der Waals surface area (Å²) < 4.78 is 12.9. The third-order valence-electron chi connectivity index (χ3n) is 2.25. The van der Waals surface area contributed by atoms with Crippen molar-refractivity contribution in [3.8, 4) is 0 Å². The van der Waals surface area contributed by atoms with Gasteiger partial charge in [-0.25, -0.2) is 4.39 Å². The van der Waals surface area contributed by atoms with Crippen molar-refractivity contribution < 1.29 is 14.0 Å². The summed E-state index contributed by atoms with van der Waals surface area (Å²) in [6.07, 6.45) is 0. The number of nitrogens with one attached hydrogen (secondary N) is 2. The molecular weight excluding hydrogens is 225 g/mol. The van der Waals surface area contributed by atoms with Crippen molar-refractivity contribution in [1.82, 2.24) is 10.6 Å². The summed E-state index contributed by atoms with van der Waals surface area (Å²) >= 11 is 0. The van der Waals surface area contributed by atoms with Crippen LogP contribution >= 0.6 is 0 Å². The predicted molar refractivity (Wildman–Crippen MR) is 61.8 cm³/mol. The van der Waals surface area contributed by atoms with E-state index in [0.717, 1.165) is 6.07 Å². The number of nitrogen functional groups attached to an aromatic ring is 1. The van der Waals surface area contributed by atoms with Gasteiger partial charge < -0.3 is 16.4 Å². The Morgan fingerprint density at radius 3 is 2.59 bits per heavy atom. The van der Waals surface area contributed by atoms with Gasteiger partial charge >= 0.3 is 0 Å². The Balaban J connectivity index is 2.76. The van der Waals surface area contributed by atoms with Gasteiger partial charge in [0.1, 0.15) is 11.9 Å². The first kappa shape index (κ1) is 13.0. The van der Waals surface area contributed by atoms with Gasteiger partial charge in [0, 0.05) is 12.6 Å². The van der Waals surface area contributed by atoms with Crippen LogP contribution in [0, 0.1) is 5.82 Å². The Hall–Kier alpha value is -2.11. The maximum absolute atomic E-state index is 12.9. The van der Waals surface area contributed by atoms with Crippen molar-refractivity contribution in [3.05, 3.63) is 29.6 Å². The van der Waals surface area contributed by atoms with Crippen LogP contribution in [0.4, 0.5) is 10.1 Å². The number of anilines is 1. The molecule has 0 radical (unpaired) electrons. The Morgan fingerprint density at radius 1 is 1.41 bits per heavy atom. The topological polar surface area (TPSA) is 84.2 Å². The van der Waals surface area contributed by atoms with Crippen LogP contribution in [-0.4, -0.2) is 24.9 Å². The number of carbonyl (C=O) groups excluding carboxylic acids is 2. The maximum Gasteiger partial charge on any atom is 0.251 e. The summed E-state index contributed by atoms with van der Waals surface area (Å²) in [6.45, 7) is 1.55. The van der Waals surface area contributed by atoms with Crippen molar-refractivity contribution in [1.29, 1.82) is 0 Å². The highest BCUT2D eigenvalue weighted by Crippen LogP contribution is 2.12. The molecule has 17 heavy (non-hydrogen) atoms. The van der Waals surface area contributed by atoms with Crippen molar-refractivity contribution in [3.63, 3.8) is 0 Å². The molecule has 0 fully saturated rings. The molecule has 0 aliphatic heterocycles. The van der Waals surface area contributed by atoms with E-state index >= 15 is 0 Å². The van der Waals surface area contributed by atoms with E-state index in [1.807, 2.05) is 0 Å². The van der Waals surface area contributed by atoms with Crippen molar-refractivity contribution in [2.45, 2.75) is 13.0 Å². The number of likely N-dealkylation sites (N-methyl/N-ethyl adjacent to an activating group) is 1. The number of amides is 2. The average molecular weight is 239 g/mol. The molecule has 1 rings (SSSR count). The normalized spacial score (nSPS) is 11.7. The summed E-state index contributed by atoms with van der Waals surface area (Å²) in [5.41, 5.74) is 5.44. The molecule has 0 aliphatic carbocycles. The van der Waals surface area contributed by atoms with E-state index < -0.39 is 17.8 Å². The third-order valence-corrected chi connectivity index (χ3v) is 2.25. The highest BCUT2D eigenvalue weighted by atomic mass is 19.1. The Kier molecular flexibility index (Phi) is 4.03. The van der Waals surface area contributed by atoms with Gasteiger partial charge in [0.2, 0.25) is 5.91 Å². The molecule has 0 spiro atoms. The van der Waals surface area contributed by atoms with Crippen LogP contribution in [-0.2, 0) is 4.79 Å². The van der Waals surface area contributed by atoms with Gasteiger partial charge in [-0.3, -0.25) is 9.59 Å². The zero-order valence-electron chi connectivity index (χ0n) is 9.58. The highest BCUT2D eigenvalue weighted by Gasteiger charge is 2.15. The van der Waals surface area contributed by atoms with Crippen LogP contribution in [0.5, 0.6) is 0 Å². The van der Waals surface area contributed by atoms with Crippen LogP contribution in [0.2, 0.25) is 0 Å². The SMILES string of the molecule is CNC(=O)C(C)NC(=O)c1ccc(F)c(N)c1. The van der Waals surface area contributed by atoms with Gasteiger partial charge in [-0.1, -0.05) is 0 Å². The molecule has 0 bridgehead atoms. The number of hydrogen-bond donors (Lipinski definition) is 3. The second-order valence-electron chi connectivity index (χ2n) is 3.55. The summed E-state index contributed by atoms with van der Waals surface area (Å²) in [7, 11) is 1.47. The maximum atomic E-state index is 12.9. The number of halogens is 1. The zero-order valence-corrected chi connectivity index (χ0v) is 9.58. The zero-order chi connectivity index (χ0) is 13.0. The molecule has 6 heteroatoms. The fourth-order valence-corrected chi connectivity index (χ4v) is 1.25. The fourth-order valence-electron chi connectivity index (χ4n) is 1.25. The van der Waals surface area contributed by atoms with E-state index in [1.54, 1.807) is 6.92 Å². The van der Waals surface area contributed by atoms with Crippen LogP contribution in [0.25, 0.3) is 0 Å². The van der Waals surface area contributed by atoms with Gasteiger partial charge in [-0.2, -0.15) is 0 Å². The third kappa shape index (κ3) is 3.17. The first-order valence-corrected chi connectivity index (χ1v) is 5.03. The summed E-state index contributed by atoms with van der Waals surface area (Å²) in [5, 5.41) is 4.87. The molecule has 1 unspecified atom stereocenters. The molecule has 0 aromatic heterocycles. The molecule has 1 aromatic rings. The van der Waals surface area contributed by atoms with E-state index in [0.29, 0.717) is 0 Å². The summed E-state index contributed by atoms with van der Waals surface area (Å²) in [6, 6.07) is 2.96. The van der Waals surface area contributed by atoms with Crippen molar-refractivity contribution in [2.24, 2.45) is 0 Å². The lowest BCUT2D eigenvalue weighted by molar-refractivity contribution is -0.122. The summed E-state index contributed by atoms with van der Waals surface area (Å²) in [5.74, 6) is -1.37. The molecule has 92 valence electrons. The van der Waals surface area contributed by atoms with Gasteiger partial charge in [0.15, 0.2) is 0 Å². The lowest BCUT2D eigenvalue weighted by Gasteiger charge is -2.12. The number of rotatable bonds is 3. The number of benzene rings is 1. The second-order valence-corrected chi connectivity index (χ2v) is 3.55. The van der Waals surface area contributed by atoms with Gasteiger partial charge in [-0.15, -0.1) is 0 Å². The fraction of sp³-hybridized carbons (Fsp3) is 0.273. The summed E-state index contributed by atoms with van der Waals surface area (Å²) in [4.78, 5) is 22.9.